The summed E-state index contributed by atoms with van der Waals surface area (Å²) in [6.45, 7) is 6.70. The number of hydrogen-bond acceptors (Lipinski definition) is 4. The van der Waals surface area contributed by atoms with Crippen LogP contribution in [0.1, 0.15) is 25.0 Å². The molecule has 0 aliphatic rings. The molecule has 4 heteroatoms. The van der Waals surface area contributed by atoms with E-state index < -0.39 is 0 Å². The summed E-state index contributed by atoms with van der Waals surface area (Å²) >= 11 is 0. The van der Waals surface area contributed by atoms with E-state index in [1.54, 1.807) is 14.2 Å². The second kappa shape index (κ2) is 7.78. The van der Waals surface area contributed by atoms with Crippen LogP contribution < -0.4 is 4.74 Å². The van der Waals surface area contributed by atoms with Gasteiger partial charge in [-0.05, 0) is 31.5 Å². The van der Waals surface area contributed by atoms with Crippen molar-refractivity contribution in [2.75, 3.05) is 27.4 Å². The van der Waals surface area contributed by atoms with Crippen LogP contribution in [0.4, 0.5) is 0 Å². The maximum atomic E-state index is 9.10. The second-order valence-electron chi connectivity index (χ2n) is 4.70. The zero-order valence-electron chi connectivity index (χ0n) is 12.1. The van der Waals surface area contributed by atoms with Crippen molar-refractivity contribution in [1.29, 1.82) is 5.26 Å². The van der Waals surface area contributed by atoms with E-state index in [4.69, 9.17) is 14.7 Å². The fraction of sp³-hybridized carbons (Fsp3) is 0.533. The summed E-state index contributed by atoms with van der Waals surface area (Å²) in [7, 11) is 3.29. The fourth-order valence-corrected chi connectivity index (χ4v) is 1.90. The van der Waals surface area contributed by atoms with E-state index in [9.17, 15) is 0 Å². The lowest BCUT2D eigenvalue weighted by Gasteiger charge is -2.26. The highest BCUT2D eigenvalue weighted by Gasteiger charge is 2.11. The third-order valence-corrected chi connectivity index (χ3v) is 3.08. The maximum Gasteiger partial charge on any atom is 0.136 e. The first-order valence-corrected chi connectivity index (χ1v) is 6.42. The second-order valence-corrected chi connectivity index (χ2v) is 4.70. The minimum Gasteiger partial charge on any atom is -0.495 e. The van der Waals surface area contributed by atoms with Gasteiger partial charge in [0.1, 0.15) is 11.8 Å². The van der Waals surface area contributed by atoms with Crippen molar-refractivity contribution in [3.8, 4) is 11.8 Å². The Morgan fingerprint density at radius 2 is 2.05 bits per heavy atom. The maximum absolute atomic E-state index is 9.10. The molecule has 1 aromatic rings. The van der Waals surface area contributed by atoms with Crippen molar-refractivity contribution >= 4 is 0 Å². The molecule has 0 aliphatic carbocycles. The van der Waals surface area contributed by atoms with Gasteiger partial charge in [0.2, 0.25) is 0 Å². The van der Waals surface area contributed by atoms with E-state index in [2.05, 4.69) is 24.8 Å². The van der Waals surface area contributed by atoms with Crippen molar-refractivity contribution in [2.45, 2.75) is 26.4 Å². The monoisotopic (exact) mass is 262 g/mol. The number of nitriles is 1. The number of methoxy groups -OCH3 is 2. The van der Waals surface area contributed by atoms with E-state index in [0.29, 0.717) is 24.0 Å². The summed E-state index contributed by atoms with van der Waals surface area (Å²) in [5.41, 5.74) is 1.69. The van der Waals surface area contributed by atoms with Crippen molar-refractivity contribution in [1.82, 2.24) is 4.90 Å². The summed E-state index contributed by atoms with van der Waals surface area (Å²) in [5.74, 6) is 0.624. The van der Waals surface area contributed by atoms with Crippen molar-refractivity contribution in [2.24, 2.45) is 0 Å². The Bertz CT molecular complexity index is 438. The Kier molecular flexibility index (Phi) is 6.34. The number of hydrogen-bond donors (Lipinski definition) is 0. The molecular formula is C15H22N2O2. The molecule has 0 spiro atoms. The van der Waals surface area contributed by atoms with E-state index in [-0.39, 0.29) is 0 Å². The van der Waals surface area contributed by atoms with Crippen LogP contribution in [0.3, 0.4) is 0 Å². The van der Waals surface area contributed by atoms with Gasteiger partial charge < -0.3 is 9.47 Å². The summed E-state index contributed by atoms with van der Waals surface area (Å²) in [6.07, 6.45) is 0. The summed E-state index contributed by atoms with van der Waals surface area (Å²) in [5, 5.41) is 9.10. The van der Waals surface area contributed by atoms with Crippen LogP contribution in [0.15, 0.2) is 18.2 Å². The molecule has 0 heterocycles. The quantitative estimate of drug-likeness (QED) is 0.757. The predicted molar refractivity (Wildman–Crippen MR) is 75.1 cm³/mol. The van der Waals surface area contributed by atoms with Crippen molar-refractivity contribution in [3.05, 3.63) is 29.3 Å². The first-order chi connectivity index (χ1) is 9.12. The van der Waals surface area contributed by atoms with Gasteiger partial charge in [-0.1, -0.05) is 6.07 Å². The zero-order valence-corrected chi connectivity index (χ0v) is 12.1. The Balaban J connectivity index is 2.82. The van der Waals surface area contributed by atoms with Gasteiger partial charge in [-0.3, -0.25) is 4.90 Å². The normalized spacial score (nSPS) is 10.8. The molecular weight excluding hydrogens is 240 g/mol. The molecule has 0 saturated heterocycles. The molecule has 0 aromatic heterocycles. The Labute approximate surface area is 115 Å². The molecule has 1 aromatic carbocycles. The highest BCUT2D eigenvalue weighted by Crippen LogP contribution is 2.20. The first kappa shape index (κ1) is 15.5. The molecule has 0 N–H and O–H groups in total. The zero-order chi connectivity index (χ0) is 14.3. The van der Waals surface area contributed by atoms with Crippen LogP contribution in [0.5, 0.6) is 5.75 Å². The number of nitrogens with zero attached hydrogens (tertiary/aromatic N) is 2. The molecule has 0 bridgehead atoms. The van der Waals surface area contributed by atoms with E-state index in [1.165, 1.54) is 0 Å². The topological polar surface area (TPSA) is 45.5 Å². The third-order valence-electron chi connectivity index (χ3n) is 3.08. The first-order valence-electron chi connectivity index (χ1n) is 6.42. The number of rotatable bonds is 7. The fourth-order valence-electron chi connectivity index (χ4n) is 1.90. The third kappa shape index (κ3) is 4.55. The van der Waals surface area contributed by atoms with E-state index in [1.807, 2.05) is 18.2 Å². The molecule has 104 valence electrons. The predicted octanol–water partition coefficient (Wildman–Crippen LogP) is 2.42. The molecule has 4 nitrogen and oxygen atoms in total. The van der Waals surface area contributed by atoms with E-state index in [0.717, 1.165) is 18.7 Å². The van der Waals surface area contributed by atoms with Crippen LogP contribution in [-0.4, -0.2) is 38.3 Å². The average molecular weight is 262 g/mol. The Morgan fingerprint density at radius 3 is 2.58 bits per heavy atom. The van der Waals surface area contributed by atoms with Crippen LogP contribution in [-0.2, 0) is 11.3 Å². The van der Waals surface area contributed by atoms with Crippen molar-refractivity contribution < 1.29 is 9.47 Å². The van der Waals surface area contributed by atoms with Gasteiger partial charge in [0, 0.05) is 26.2 Å². The Morgan fingerprint density at radius 1 is 1.32 bits per heavy atom. The summed E-state index contributed by atoms with van der Waals surface area (Å²) in [4.78, 5) is 2.31. The lowest BCUT2D eigenvalue weighted by Crippen LogP contribution is -2.33. The van der Waals surface area contributed by atoms with Gasteiger partial charge >= 0.3 is 0 Å². The molecule has 0 saturated carbocycles. The standard InChI is InChI=1S/C15H22N2O2/c1-12(2)17(7-8-18-3)11-13-5-6-15(19-4)14(9-13)10-16/h5-6,9,12H,7-8,11H2,1-4H3. The molecule has 0 unspecified atom stereocenters. The van der Waals surface area contributed by atoms with Crippen LogP contribution in [0.25, 0.3) is 0 Å². The van der Waals surface area contributed by atoms with Crippen LogP contribution in [0.2, 0.25) is 0 Å². The summed E-state index contributed by atoms with van der Waals surface area (Å²) in [6, 6.07) is 8.34. The lowest BCUT2D eigenvalue weighted by molar-refractivity contribution is 0.125. The van der Waals surface area contributed by atoms with Gasteiger partial charge in [-0.15, -0.1) is 0 Å². The van der Waals surface area contributed by atoms with E-state index >= 15 is 0 Å². The minimum atomic E-state index is 0.433. The average Bonchev–Trinajstić information content (AvgIpc) is 2.42. The van der Waals surface area contributed by atoms with Gasteiger partial charge in [-0.25, -0.2) is 0 Å². The van der Waals surface area contributed by atoms with Gasteiger partial charge in [0.05, 0.1) is 19.3 Å². The van der Waals surface area contributed by atoms with Gasteiger partial charge in [0.25, 0.3) is 0 Å². The highest BCUT2D eigenvalue weighted by molar-refractivity contribution is 5.45. The molecule has 0 aliphatic heterocycles. The SMILES string of the molecule is COCCN(Cc1ccc(OC)c(C#N)c1)C(C)C. The smallest absolute Gasteiger partial charge is 0.136 e. The molecule has 19 heavy (non-hydrogen) atoms. The van der Waals surface area contributed by atoms with Gasteiger partial charge in [0.15, 0.2) is 0 Å². The highest BCUT2D eigenvalue weighted by atomic mass is 16.5. The summed E-state index contributed by atoms with van der Waals surface area (Å²) < 4.78 is 10.3. The van der Waals surface area contributed by atoms with Crippen LogP contribution >= 0.6 is 0 Å². The molecule has 0 atom stereocenters. The minimum absolute atomic E-state index is 0.433. The lowest BCUT2D eigenvalue weighted by atomic mass is 10.1. The molecule has 0 radical (unpaired) electrons. The number of benzene rings is 1. The Hall–Kier alpha value is -1.57. The van der Waals surface area contributed by atoms with Crippen molar-refractivity contribution in [3.63, 3.8) is 0 Å². The molecule has 1 rings (SSSR count). The number of ether oxygens (including phenoxy) is 2. The molecule has 0 amide bonds. The van der Waals surface area contributed by atoms with Crippen LogP contribution in [0, 0.1) is 11.3 Å². The largest absolute Gasteiger partial charge is 0.495 e. The molecule has 0 fully saturated rings. The van der Waals surface area contributed by atoms with Gasteiger partial charge in [-0.2, -0.15) is 5.26 Å².